The fourth-order valence-electron chi connectivity index (χ4n) is 2.03. The minimum Gasteiger partial charge on any atom is -0.393 e. The molecule has 1 aromatic heterocycles. The first-order valence-corrected chi connectivity index (χ1v) is 5.68. The van der Waals surface area contributed by atoms with Crippen molar-refractivity contribution in [1.29, 1.82) is 0 Å². The molecule has 0 radical (unpaired) electrons. The molecule has 0 fully saturated rings. The maximum Gasteiger partial charge on any atom is 0.294 e. The number of anilines is 1. The van der Waals surface area contributed by atoms with E-state index in [2.05, 4.69) is 0 Å². The number of rotatable bonds is 3. The molecule has 5 heteroatoms. The highest BCUT2D eigenvalue weighted by Gasteiger charge is 2.16. The molecule has 2 N–H and O–H groups in total. The van der Waals surface area contributed by atoms with Crippen molar-refractivity contribution in [2.75, 3.05) is 12.8 Å². The van der Waals surface area contributed by atoms with Gasteiger partial charge in [-0.3, -0.25) is 9.48 Å². The summed E-state index contributed by atoms with van der Waals surface area (Å²) < 4.78 is 8.35. The van der Waals surface area contributed by atoms with Crippen molar-refractivity contribution in [1.82, 2.24) is 9.36 Å². The normalized spacial score (nSPS) is 10.8. The van der Waals surface area contributed by atoms with E-state index in [0.29, 0.717) is 12.3 Å². The Bertz CT molecular complexity index is 626. The summed E-state index contributed by atoms with van der Waals surface area (Å²) >= 11 is 0. The first-order valence-electron chi connectivity index (χ1n) is 5.68. The van der Waals surface area contributed by atoms with Crippen molar-refractivity contribution in [3.05, 3.63) is 45.9 Å². The van der Waals surface area contributed by atoms with Crippen LogP contribution >= 0.6 is 0 Å². The lowest BCUT2D eigenvalue weighted by atomic mass is 10.2. The summed E-state index contributed by atoms with van der Waals surface area (Å²) in [6.07, 6.45) is 0. The van der Waals surface area contributed by atoms with E-state index in [-0.39, 0.29) is 11.2 Å². The zero-order valence-corrected chi connectivity index (χ0v) is 10.8. The van der Waals surface area contributed by atoms with E-state index in [9.17, 15) is 4.79 Å². The van der Waals surface area contributed by atoms with E-state index in [4.69, 9.17) is 10.5 Å². The van der Waals surface area contributed by atoms with Gasteiger partial charge in [0.05, 0.1) is 18.0 Å². The number of nitrogens with zero attached hydrogens (tertiary/aromatic N) is 2. The molecule has 0 amide bonds. The smallest absolute Gasteiger partial charge is 0.294 e. The minimum atomic E-state index is -0.213. The third kappa shape index (κ3) is 1.93. The Labute approximate surface area is 105 Å². The molecule has 1 aromatic carbocycles. The fourth-order valence-corrected chi connectivity index (χ4v) is 2.03. The number of benzene rings is 1. The highest BCUT2D eigenvalue weighted by Crippen LogP contribution is 2.14. The van der Waals surface area contributed by atoms with Gasteiger partial charge in [0.1, 0.15) is 5.69 Å². The van der Waals surface area contributed by atoms with Crippen LogP contribution in [0.1, 0.15) is 11.3 Å². The number of methoxy groups -OCH3 is 1. The molecule has 96 valence electrons. The van der Waals surface area contributed by atoms with Crippen LogP contribution < -0.4 is 11.3 Å². The zero-order chi connectivity index (χ0) is 13.3. The van der Waals surface area contributed by atoms with Gasteiger partial charge in [0, 0.05) is 14.2 Å². The van der Waals surface area contributed by atoms with E-state index < -0.39 is 0 Å². The van der Waals surface area contributed by atoms with Gasteiger partial charge < -0.3 is 10.5 Å². The monoisotopic (exact) mass is 247 g/mol. The summed E-state index contributed by atoms with van der Waals surface area (Å²) in [5.41, 5.74) is 8.43. The molecule has 0 saturated carbocycles. The lowest BCUT2D eigenvalue weighted by Gasteiger charge is -2.10. The summed E-state index contributed by atoms with van der Waals surface area (Å²) in [5.74, 6) is 0. The molecule has 2 aromatic rings. The first kappa shape index (κ1) is 12.4. The predicted molar refractivity (Wildman–Crippen MR) is 70.9 cm³/mol. The van der Waals surface area contributed by atoms with Crippen molar-refractivity contribution in [2.24, 2.45) is 7.05 Å². The van der Waals surface area contributed by atoms with Gasteiger partial charge in [0.25, 0.3) is 5.56 Å². The van der Waals surface area contributed by atoms with Crippen LogP contribution in [-0.2, 0) is 18.4 Å². The Hall–Kier alpha value is -2.01. The standard InChI is InChI=1S/C13H17N3O2/c1-9-5-4-6-10(7-9)16-13(17)12(14)11(8-18-3)15(16)2/h4-7H,8,14H2,1-3H3. The average Bonchev–Trinajstić information content (AvgIpc) is 2.54. The van der Waals surface area contributed by atoms with E-state index in [1.165, 1.54) is 0 Å². The van der Waals surface area contributed by atoms with Crippen LogP contribution in [0.4, 0.5) is 5.69 Å². The van der Waals surface area contributed by atoms with Gasteiger partial charge in [-0.15, -0.1) is 0 Å². The SMILES string of the molecule is COCc1c(N)c(=O)n(-c2cccc(C)c2)n1C. The van der Waals surface area contributed by atoms with Crippen molar-refractivity contribution >= 4 is 5.69 Å². The van der Waals surface area contributed by atoms with Gasteiger partial charge in [0.2, 0.25) is 0 Å². The third-order valence-corrected chi connectivity index (χ3v) is 2.95. The predicted octanol–water partition coefficient (Wildman–Crippen LogP) is 1.21. The lowest BCUT2D eigenvalue weighted by molar-refractivity contribution is 0.177. The second-order valence-corrected chi connectivity index (χ2v) is 4.27. The number of nitrogen functional groups attached to an aromatic ring is 1. The minimum absolute atomic E-state index is 0.213. The average molecular weight is 247 g/mol. The Balaban J connectivity index is 2.65. The molecule has 0 atom stereocenters. The Morgan fingerprint density at radius 1 is 1.39 bits per heavy atom. The van der Waals surface area contributed by atoms with Crippen molar-refractivity contribution in [3.8, 4) is 5.69 Å². The van der Waals surface area contributed by atoms with Crippen molar-refractivity contribution < 1.29 is 4.74 Å². The summed E-state index contributed by atoms with van der Waals surface area (Å²) in [6.45, 7) is 2.30. The highest BCUT2D eigenvalue weighted by molar-refractivity contribution is 5.45. The molecular formula is C13H17N3O2. The first-order chi connectivity index (χ1) is 8.56. The third-order valence-electron chi connectivity index (χ3n) is 2.95. The Morgan fingerprint density at radius 2 is 2.11 bits per heavy atom. The Morgan fingerprint density at radius 3 is 2.72 bits per heavy atom. The number of hydrogen-bond donors (Lipinski definition) is 1. The molecule has 1 heterocycles. The molecule has 0 aliphatic carbocycles. The van der Waals surface area contributed by atoms with Gasteiger partial charge in [-0.1, -0.05) is 12.1 Å². The van der Waals surface area contributed by atoms with Gasteiger partial charge in [-0.25, -0.2) is 4.68 Å². The quantitative estimate of drug-likeness (QED) is 0.886. The summed E-state index contributed by atoms with van der Waals surface area (Å²) in [4.78, 5) is 12.2. The van der Waals surface area contributed by atoms with E-state index in [1.807, 2.05) is 31.2 Å². The summed E-state index contributed by atoms with van der Waals surface area (Å²) in [5, 5.41) is 0. The molecule has 0 bridgehead atoms. The second kappa shape index (κ2) is 4.70. The van der Waals surface area contributed by atoms with E-state index in [0.717, 1.165) is 11.3 Å². The van der Waals surface area contributed by atoms with Crippen molar-refractivity contribution in [2.45, 2.75) is 13.5 Å². The highest BCUT2D eigenvalue weighted by atomic mass is 16.5. The molecule has 0 spiro atoms. The van der Waals surface area contributed by atoms with E-state index in [1.54, 1.807) is 23.5 Å². The molecular weight excluding hydrogens is 230 g/mol. The Kier molecular flexibility index (Phi) is 3.25. The molecule has 5 nitrogen and oxygen atoms in total. The second-order valence-electron chi connectivity index (χ2n) is 4.27. The molecule has 0 aliphatic rings. The number of hydrogen-bond acceptors (Lipinski definition) is 3. The lowest BCUT2D eigenvalue weighted by Crippen LogP contribution is -2.20. The van der Waals surface area contributed by atoms with Crippen LogP contribution in [0.25, 0.3) is 5.69 Å². The number of nitrogens with two attached hydrogens (primary N) is 1. The van der Waals surface area contributed by atoms with Gasteiger partial charge in [-0.05, 0) is 24.6 Å². The largest absolute Gasteiger partial charge is 0.393 e. The maximum absolute atomic E-state index is 12.2. The van der Waals surface area contributed by atoms with E-state index >= 15 is 0 Å². The number of aromatic nitrogens is 2. The van der Waals surface area contributed by atoms with Crippen LogP contribution in [0, 0.1) is 6.92 Å². The van der Waals surface area contributed by atoms with Gasteiger partial charge in [0.15, 0.2) is 0 Å². The number of aryl methyl sites for hydroxylation is 1. The van der Waals surface area contributed by atoms with Crippen molar-refractivity contribution in [3.63, 3.8) is 0 Å². The van der Waals surface area contributed by atoms with Crippen LogP contribution in [0.15, 0.2) is 29.1 Å². The van der Waals surface area contributed by atoms with Gasteiger partial charge in [-0.2, -0.15) is 0 Å². The molecule has 0 unspecified atom stereocenters. The summed E-state index contributed by atoms with van der Waals surface area (Å²) in [6, 6.07) is 7.72. The maximum atomic E-state index is 12.2. The molecule has 0 aliphatic heterocycles. The summed E-state index contributed by atoms with van der Waals surface area (Å²) in [7, 11) is 3.38. The topological polar surface area (TPSA) is 62.2 Å². The van der Waals surface area contributed by atoms with Gasteiger partial charge >= 0.3 is 0 Å². The van der Waals surface area contributed by atoms with Crippen LogP contribution in [0.3, 0.4) is 0 Å². The van der Waals surface area contributed by atoms with Crippen LogP contribution in [0.5, 0.6) is 0 Å². The van der Waals surface area contributed by atoms with Crippen LogP contribution in [-0.4, -0.2) is 16.5 Å². The molecule has 18 heavy (non-hydrogen) atoms. The molecule has 0 saturated heterocycles. The molecule has 2 rings (SSSR count). The van der Waals surface area contributed by atoms with Crippen LogP contribution in [0.2, 0.25) is 0 Å². The number of ether oxygens (including phenoxy) is 1. The fraction of sp³-hybridized carbons (Fsp3) is 0.308. The zero-order valence-electron chi connectivity index (χ0n) is 10.8.